The van der Waals surface area contributed by atoms with E-state index in [1.54, 1.807) is 0 Å². The normalized spacial score (nSPS) is 50.4. The molecule has 0 radical (unpaired) electrons. The molecule has 0 nitrogen and oxygen atoms in total. The van der Waals surface area contributed by atoms with Crippen LogP contribution >= 0.6 is 11.8 Å². The zero-order valence-electron chi connectivity index (χ0n) is 8.11. The monoisotopic (exact) mass is 240 g/mol. The van der Waals surface area contributed by atoms with Crippen molar-refractivity contribution in [3.63, 3.8) is 0 Å². The summed E-state index contributed by atoms with van der Waals surface area (Å²) in [5, 5.41) is -3.85. The summed E-state index contributed by atoms with van der Waals surface area (Å²) in [6.45, 7) is 0. The van der Waals surface area contributed by atoms with Crippen molar-refractivity contribution in [2.75, 3.05) is 0 Å². The molecule has 15 heavy (non-hydrogen) atoms. The molecule has 0 aromatic carbocycles. The average Bonchev–Trinajstić information content (AvgIpc) is 2.63. The molecule has 3 aliphatic rings. The second-order valence-corrected chi connectivity index (χ2v) is 6.67. The van der Waals surface area contributed by atoms with Gasteiger partial charge in [0.25, 0.3) is 0 Å². The lowest BCUT2D eigenvalue weighted by molar-refractivity contribution is -0.148. The molecule has 0 aromatic rings. The van der Waals surface area contributed by atoms with Crippen molar-refractivity contribution in [1.29, 1.82) is 0 Å². The average molecular weight is 240 g/mol. The third kappa shape index (κ3) is 1.22. The number of hydrogen-bond donors (Lipinski definition) is 0. The van der Waals surface area contributed by atoms with E-state index in [2.05, 4.69) is 0 Å². The fourth-order valence-electron chi connectivity index (χ4n) is 3.58. The van der Waals surface area contributed by atoms with Crippen molar-refractivity contribution in [2.24, 2.45) is 11.8 Å². The van der Waals surface area contributed by atoms with Crippen LogP contribution in [0.15, 0.2) is 0 Å². The van der Waals surface area contributed by atoms with Crippen molar-refractivity contribution >= 4 is 11.8 Å². The van der Waals surface area contributed by atoms with Crippen LogP contribution in [0.5, 0.6) is 0 Å². The number of rotatable bonds is 0. The lowest BCUT2D eigenvalue weighted by Gasteiger charge is -2.31. The van der Waals surface area contributed by atoms with E-state index in [0.29, 0.717) is 12.3 Å². The van der Waals surface area contributed by atoms with Gasteiger partial charge in [0, 0.05) is 11.2 Å². The molecule has 1 aliphatic heterocycles. The third-order valence-corrected chi connectivity index (χ3v) is 5.80. The molecule has 3 atom stereocenters. The number of alkyl halides is 4. The maximum atomic E-state index is 13.2. The predicted molar refractivity (Wildman–Crippen MR) is 50.3 cm³/mol. The molecule has 2 aliphatic carbocycles. The number of fused-ring (bicyclic) bond motifs is 3. The highest BCUT2D eigenvalue weighted by atomic mass is 32.2. The Kier molecular flexibility index (Phi) is 1.81. The first kappa shape index (κ1) is 10.2. The van der Waals surface area contributed by atoms with E-state index in [1.807, 2.05) is 0 Å². The smallest absolute Gasteiger partial charge is 0.199 e. The largest absolute Gasteiger partial charge is 0.356 e. The van der Waals surface area contributed by atoms with Gasteiger partial charge >= 0.3 is 11.2 Å². The summed E-state index contributed by atoms with van der Waals surface area (Å²) < 4.78 is 51.8. The molecule has 1 saturated heterocycles. The molecule has 0 N–H and O–H groups in total. The second kappa shape index (κ2) is 2.66. The topological polar surface area (TPSA) is 0 Å². The van der Waals surface area contributed by atoms with Crippen LogP contribution in [0.25, 0.3) is 0 Å². The maximum absolute atomic E-state index is 13.2. The van der Waals surface area contributed by atoms with Gasteiger partial charge in [-0.15, -0.1) is 0 Å². The highest BCUT2D eigenvalue weighted by molar-refractivity contribution is 8.02. The van der Waals surface area contributed by atoms with Crippen LogP contribution < -0.4 is 0 Å². The summed E-state index contributed by atoms with van der Waals surface area (Å²) in [5.41, 5.74) is 0. The highest BCUT2D eigenvalue weighted by Gasteiger charge is 2.73. The van der Waals surface area contributed by atoms with Crippen LogP contribution in [0.3, 0.4) is 0 Å². The molecule has 3 unspecified atom stereocenters. The Morgan fingerprint density at radius 1 is 1.07 bits per heavy atom. The van der Waals surface area contributed by atoms with E-state index in [4.69, 9.17) is 0 Å². The first-order valence-electron chi connectivity index (χ1n) is 5.30. The molecule has 3 rings (SSSR count). The van der Waals surface area contributed by atoms with Crippen LogP contribution in [0.4, 0.5) is 17.6 Å². The Labute approximate surface area is 89.8 Å². The van der Waals surface area contributed by atoms with Gasteiger partial charge in [-0.05, 0) is 31.1 Å². The van der Waals surface area contributed by atoms with E-state index in [0.717, 1.165) is 19.3 Å². The van der Waals surface area contributed by atoms with Gasteiger partial charge in [-0.1, -0.05) is 18.2 Å². The first-order valence-corrected chi connectivity index (χ1v) is 6.12. The highest BCUT2D eigenvalue weighted by Crippen LogP contribution is 2.70. The van der Waals surface area contributed by atoms with Gasteiger partial charge in [0.15, 0.2) is 0 Å². The summed E-state index contributed by atoms with van der Waals surface area (Å²) in [6, 6.07) is 0. The van der Waals surface area contributed by atoms with Gasteiger partial charge in [0.05, 0.1) is 0 Å². The fraction of sp³-hybridized carbons (Fsp3) is 1.00. The summed E-state index contributed by atoms with van der Waals surface area (Å²) in [4.78, 5) is 0. The number of hydrogen-bond acceptors (Lipinski definition) is 1. The van der Waals surface area contributed by atoms with E-state index in [9.17, 15) is 17.6 Å². The Bertz CT molecular complexity index is 286. The molecular formula is C10H12F4S. The van der Waals surface area contributed by atoms with Crippen molar-refractivity contribution < 1.29 is 17.6 Å². The predicted octanol–water partition coefficient (Wildman–Crippen LogP) is 3.91. The molecule has 2 saturated carbocycles. The number of halogens is 4. The molecular weight excluding hydrogens is 228 g/mol. The minimum Gasteiger partial charge on any atom is -0.199 e. The zero-order valence-corrected chi connectivity index (χ0v) is 8.93. The minimum absolute atomic E-state index is 0.103. The molecule has 2 bridgehead atoms. The SMILES string of the molecule is FC1(F)CC2(CC3CCC2C3)SC1(F)F. The Balaban J connectivity index is 1.92. The van der Waals surface area contributed by atoms with Gasteiger partial charge in [0.1, 0.15) is 0 Å². The van der Waals surface area contributed by atoms with Crippen LogP contribution in [0, 0.1) is 11.8 Å². The van der Waals surface area contributed by atoms with Gasteiger partial charge < -0.3 is 0 Å². The Morgan fingerprint density at radius 3 is 2.20 bits per heavy atom. The maximum Gasteiger partial charge on any atom is 0.356 e. The van der Waals surface area contributed by atoms with E-state index in [-0.39, 0.29) is 17.7 Å². The van der Waals surface area contributed by atoms with E-state index in [1.165, 1.54) is 0 Å². The third-order valence-electron chi connectivity index (χ3n) is 4.20. The molecule has 86 valence electrons. The summed E-state index contributed by atoms with van der Waals surface area (Å²) in [7, 11) is 0. The quantitative estimate of drug-likeness (QED) is 0.578. The van der Waals surface area contributed by atoms with E-state index >= 15 is 0 Å². The minimum atomic E-state index is -3.85. The Morgan fingerprint density at radius 2 is 1.80 bits per heavy atom. The van der Waals surface area contributed by atoms with Crippen molar-refractivity contribution in [3.8, 4) is 0 Å². The summed E-state index contributed by atoms with van der Waals surface area (Å²) >= 11 is 0.264. The number of thioether (sulfide) groups is 1. The van der Waals surface area contributed by atoms with E-state index < -0.39 is 22.3 Å². The second-order valence-electron chi connectivity index (χ2n) is 5.14. The first-order chi connectivity index (χ1) is 6.85. The molecule has 0 amide bonds. The lowest BCUT2D eigenvalue weighted by atomic mass is 9.84. The standard InChI is InChI=1S/C10H12F4S/c11-9(12)5-8(15-10(9,13)14)4-6-1-2-7(8)3-6/h6-7H,1-5H2. The fourth-order valence-corrected chi connectivity index (χ4v) is 5.27. The molecule has 5 heteroatoms. The van der Waals surface area contributed by atoms with Gasteiger partial charge in [-0.3, -0.25) is 0 Å². The van der Waals surface area contributed by atoms with Crippen molar-refractivity contribution in [3.05, 3.63) is 0 Å². The van der Waals surface area contributed by atoms with Crippen molar-refractivity contribution in [1.82, 2.24) is 0 Å². The van der Waals surface area contributed by atoms with Gasteiger partial charge in [0.2, 0.25) is 0 Å². The van der Waals surface area contributed by atoms with Gasteiger partial charge in [-0.2, -0.15) is 17.6 Å². The summed E-state index contributed by atoms with van der Waals surface area (Å²) in [5.74, 6) is -3.28. The van der Waals surface area contributed by atoms with Crippen molar-refractivity contribution in [2.45, 2.75) is 48.0 Å². The summed E-state index contributed by atoms with van der Waals surface area (Å²) in [6.07, 6.45) is 2.76. The molecule has 3 fully saturated rings. The lowest BCUT2D eigenvalue weighted by Crippen LogP contribution is -2.33. The molecule has 0 aromatic heterocycles. The zero-order chi connectivity index (χ0) is 10.9. The Hall–Kier alpha value is 0.0700. The molecule has 1 heterocycles. The van der Waals surface area contributed by atoms with Crippen LogP contribution in [0.2, 0.25) is 0 Å². The van der Waals surface area contributed by atoms with Crippen LogP contribution in [0.1, 0.15) is 32.1 Å². The van der Waals surface area contributed by atoms with Crippen LogP contribution in [-0.4, -0.2) is 15.9 Å². The van der Waals surface area contributed by atoms with Crippen LogP contribution in [-0.2, 0) is 0 Å². The van der Waals surface area contributed by atoms with Gasteiger partial charge in [-0.25, -0.2) is 0 Å². The molecule has 1 spiro atoms.